The van der Waals surface area contributed by atoms with Crippen molar-refractivity contribution < 1.29 is 22.7 Å². The Labute approximate surface area is 189 Å². The molecule has 0 aliphatic carbocycles. The van der Waals surface area contributed by atoms with Gasteiger partial charge in [-0.1, -0.05) is 23.7 Å². The highest BCUT2D eigenvalue weighted by atomic mass is 35.5. The van der Waals surface area contributed by atoms with E-state index < -0.39 is 10.0 Å². The number of benzene rings is 2. The molecule has 7 nitrogen and oxygen atoms in total. The van der Waals surface area contributed by atoms with Crippen LogP contribution in [-0.2, 0) is 10.0 Å². The van der Waals surface area contributed by atoms with E-state index in [1.807, 2.05) is 24.3 Å². The largest absolute Gasteiger partial charge is 0.486 e. The lowest BCUT2D eigenvalue weighted by molar-refractivity contribution is 0.0521. The Bertz CT molecular complexity index is 1190. The number of halogens is 1. The molecule has 0 bridgehead atoms. The van der Waals surface area contributed by atoms with Gasteiger partial charge < -0.3 is 14.4 Å². The number of nitrogens with zero attached hydrogens (tertiary/aromatic N) is 1. The normalized spacial score (nSPS) is 15.4. The third kappa shape index (κ3) is 4.95. The average Bonchev–Trinajstić information content (AvgIpc) is 3.21. The summed E-state index contributed by atoms with van der Waals surface area (Å²) < 4.78 is 39.4. The average molecular weight is 479 g/mol. The SMILES string of the molecule is CN(C[C@H]1COc2ccccc2O1)C(=O)c1ccc(NS(=O)(=O)c2ccc(Cl)s2)cc1. The Hall–Kier alpha value is -2.75. The maximum atomic E-state index is 12.8. The van der Waals surface area contributed by atoms with E-state index in [0.717, 1.165) is 11.3 Å². The number of likely N-dealkylation sites (N-methyl/N-ethyl adjacent to an activating group) is 1. The fraction of sp³-hybridized carbons (Fsp3) is 0.190. The molecule has 3 aromatic rings. The van der Waals surface area contributed by atoms with Gasteiger partial charge in [-0.2, -0.15) is 0 Å². The quantitative estimate of drug-likeness (QED) is 0.576. The van der Waals surface area contributed by atoms with Crippen molar-refractivity contribution in [1.29, 1.82) is 0 Å². The third-order valence-electron chi connectivity index (χ3n) is 4.59. The molecule has 0 saturated carbocycles. The van der Waals surface area contributed by atoms with Gasteiger partial charge in [0.2, 0.25) is 0 Å². The number of amides is 1. The van der Waals surface area contributed by atoms with E-state index in [0.29, 0.717) is 40.2 Å². The number of thiophene rings is 1. The highest BCUT2D eigenvalue weighted by Crippen LogP contribution is 2.31. The lowest BCUT2D eigenvalue weighted by atomic mass is 10.2. The predicted molar refractivity (Wildman–Crippen MR) is 120 cm³/mol. The summed E-state index contributed by atoms with van der Waals surface area (Å²) in [5.74, 6) is 1.14. The molecule has 1 aliphatic heterocycles. The zero-order valence-corrected chi connectivity index (χ0v) is 18.8. The smallest absolute Gasteiger partial charge is 0.271 e. The van der Waals surface area contributed by atoms with Crippen LogP contribution in [0.5, 0.6) is 11.5 Å². The molecule has 0 fully saturated rings. The van der Waals surface area contributed by atoms with Gasteiger partial charge in [-0.25, -0.2) is 8.42 Å². The summed E-state index contributed by atoms with van der Waals surface area (Å²) in [6.45, 7) is 0.697. The van der Waals surface area contributed by atoms with Gasteiger partial charge in [0.1, 0.15) is 10.8 Å². The van der Waals surface area contributed by atoms with Crippen molar-refractivity contribution in [3.63, 3.8) is 0 Å². The van der Waals surface area contributed by atoms with E-state index in [-0.39, 0.29) is 16.2 Å². The summed E-state index contributed by atoms with van der Waals surface area (Å²) in [6, 6.07) is 16.6. The minimum atomic E-state index is -3.73. The summed E-state index contributed by atoms with van der Waals surface area (Å²) in [5, 5.41) is 0. The van der Waals surface area contributed by atoms with Crippen LogP contribution in [0.25, 0.3) is 0 Å². The van der Waals surface area contributed by atoms with E-state index >= 15 is 0 Å². The number of ether oxygens (including phenoxy) is 2. The number of fused-ring (bicyclic) bond motifs is 1. The number of hydrogen-bond acceptors (Lipinski definition) is 6. The molecular weight excluding hydrogens is 460 g/mol. The number of para-hydroxylation sites is 2. The van der Waals surface area contributed by atoms with Crippen LogP contribution in [-0.4, -0.2) is 45.5 Å². The molecule has 1 aliphatic rings. The maximum Gasteiger partial charge on any atom is 0.271 e. The van der Waals surface area contributed by atoms with E-state index in [9.17, 15) is 13.2 Å². The Morgan fingerprint density at radius 1 is 1.13 bits per heavy atom. The van der Waals surface area contributed by atoms with Gasteiger partial charge in [0.25, 0.3) is 15.9 Å². The molecular formula is C21H19ClN2O5S2. The molecule has 0 radical (unpaired) electrons. The lowest BCUT2D eigenvalue weighted by Gasteiger charge is -2.29. The maximum absolute atomic E-state index is 12.8. The van der Waals surface area contributed by atoms with Gasteiger partial charge in [-0.3, -0.25) is 9.52 Å². The van der Waals surface area contributed by atoms with Gasteiger partial charge in [0.05, 0.1) is 10.9 Å². The molecule has 1 aromatic heterocycles. The fourth-order valence-electron chi connectivity index (χ4n) is 3.09. The summed E-state index contributed by atoms with van der Waals surface area (Å²) >= 11 is 6.79. The summed E-state index contributed by atoms with van der Waals surface area (Å²) in [5.41, 5.74) is 0.783. The van der Waals surface area contributed by atoms with Crippen molar-refractivity contribution in [2.45, 2.75) is 10.3 Å². The van der Waals surface area contributed by atoms with E-state index in [4.69, 9.17) is 21.1 Å². The van der Waals surface area contributed by atoms with Gasteiger partial charge in [0, 0.05) is 18.3 Å². The van der Waals surface area contributed by atoms with Crippen LogP contribution in [0.15, 0.2) is 64.9 Å². The number of rotatable bonds is 6. The van der Waals surface area contributed by atoms with E-state index in [1.54, 1.807) is 36.2 Å². The molecule has 2 heterocycles. The fourth-order valence-corrected chi connectivity index (χ4v) is 5.63. The van der Waals surface area contributed by atoms with Crippen LogP contribution in [0.3, 0.4) is 0 Å². The molecule has 0 saturated heterocycles. The standard InChI is InChI=1S/C21H19ClN2O5S2/c1-24(12-16-13-28-17-4-2-3-5-18(17)29-16)21(25)14-6-8-15(9-7-14)23-31(26,27)20-11-10-19(22)30-20/h2-11,16,23H,12-13H2,1H3/t16-/m0/s1. The molecule has 1 amide bonds. The minimum Gasteiger partial charge on any atom is -0.486 e. The van der Waals surface area contributed by atoms with Gasteiger partial charge in [-0.15, -0.1) is 11.3 Å². The Kier molecular flexibility index (Phi) is 6.08. The number of hydrogen-bond donors (Lipinski definition) is 1. The van der Waals surface area contributed by atoms with Crippen molar-refractivity contribution in [2.24, 2.45) is 0 Å². The number of anilines is 1. The number of sulfonamides is 1. The second kappa shape index (κ2) is 8.78. The minimum absolute atomic E-state index is 0.119. The van der Waals surface area contributed by atoms with Crippen molar-refractivity contribution in [3.05, 3.63) is 70.6 Å². The van der Waals surface area contributed by atoms with E-state index in [1.165, 1.54) is 12.1 Å². The monoisotopic (exact) mass is 478 g/mol. The molecule has 0 unspecified atom stereocenters. The van der Waals surface area contributed by atoms with Crippen LogP contribution in [0, 0.1) is 0 Å². The number of carbonyl (C=O) groups is 1. The second-order valence-electron chi connectivity index (χ2n) is 6.92. The lowest BCUT2D eigenvalue weighted by Crippen LogP contribution is -2.41. The van der Waals surface area contributed by atoms with Gasteiger partial charge >= 0.3 is 0 Å². The molecule has 1 atom stereocenters. The first kappa shape index (κ1) is 21.5. The van der Waals surface area contributed by atoms with Crippen LogP contribution in [0.2, 0.25) is 4.34 Å². The molecule has 4 rings (SSSR count). The second-order valence-corrected chi connectivity index (χ2v) is 10.5. The number of nitrogens with one attached hydrogen (secondary N) is 1. The van der Waals surface area contributed by atoms with Crippen molar-refractivity contribution in [1.82, 2.24) is 4.90 Å². The Balaban J connectivity index is 1.38. The first-order valence-electron chi connectivity index (χ1n) is 9.34. The molecule has 31 heavy (non-hydrogen) atoms. The van der Waals surface area contributed by atoms with Gasteiger partial charge in [-0.05, 0) is 48.5 Å². The first-order valence-corrected chi connectivity index (χ1v) is 12.0. The highest BCUT2D eigenvalue weighted by molar-refractivity contribution is 7.94. The van der Waals surface area contributed by atoms with Gasteiger partial charge in [0.15, 0.2) is 17.6 Å². The summed E-state index contributed by atoms with van der Waals surface area (Å²) in [7, 11) is -2.04. The first-order chi connectivity index (χ1) is 14.8. The molecule has 0 spiro atoms. The summed E-state index contributed by atoms with van der Waals surface area (Å²) in [6.07, 6.45) is -0.285. The molecule has 10 heteroatoms. The Morgan fingerprint density at radius 3 is 2.52 bits per heavy atom. The highest BCUT2D eigenvalue weighted by Gasteiger charge is 2.24. The molecule has 162 valence electrons. The molecule has 2 aromatic carbocycles. The van der Waals surface area contributed by atoms with Crippen LogP contribution < -0.4 is 14.2 Å². The topological polar surface area (TPSA) is 84.9 Å². The van der Waals surface area contributed by atoms with E-state index in [2.05, 4.69) is 4.72 Å². The zero-order chi connectivity index (χ0) is 22.0. The van der Waals surface area contributed by atoms with Crippen molar-refractivity contribution in [3.8, 4) is 11.5 Å². The van der Waals surface area contributed by atoms with Crippen LogP contribution in [0.1, 0.15) is 10.4 Å². The zero-order valence-electron chi connectivity index (χ0n) is 16.4. The van der Waals surface area contributed by atoms with Crippen molar-refractivity contribution >= 4 is 44.6 Å². The third-order valence-corrected chi connectivity index (χ3v) is 7.69. The van der Waals surface area contributed by atoms with Crippen LogP contribution >= 0.6 is 22.9 Å². The Morgan fingerprint density at radius 2 is 1.84 bits per heavy atom. The summed E-state index contributed by atoms with van der Waals surface area (Å²) in [4.78, 5) is 14.3. The van der Waals surface area contributed by atoms with Crippen LogP contribution in [0.4, 0.5) is 5.69 Å². The van der Waals surface area contributed by atoms with Crippen molar-refractivity contribution in [2.75, 3.05) is 24.9 Å². The predicted octanol–water partition coefficient (Wildman–Crippen LogP) is 4.11. The number of carbonyl (C=O) groups excluding carboxylic acids is 1. The molecule has 1 N–H and O–H groups in total.